The van der Waals surface area contributed by atoms with Crippen molar-refractivity contribution in [1.82, 2.24) is 23.5 Å². The van der Waals surface area contributed by atoms with Crippen LogP contribution in [0, 0.1) is 6.92 Å². The lowest BCUT2D eigenvalue weighted by Crippen LogP contribution is -2.41. The molecule has 3 heterocycles. The number of carbonyl (C=O) groups excluding carboxylic acids is 1. The summed E-state index contributed by atoms with van der Waals surface area (Å²) in [7, 11) is 4.05. The molecule has 0 N–H and O–H groups in total. The third-order valence-electron chi connectivity index (χ3n) is 8.38. The van der Waals surface area contributed by atoms with Crippen molar-refractivity contribution in [1.29, 1.82) is 0 Å². The molecule has 1 amide bonds. The van der Waals surface area contributed by atoms with Crippen LogP contribution in [-0.2, 0) is 13.1 Å². The van der Waals surface area contributed by atoms with Crippen LogP contribution in [0.5, 0.6) is 0 Å². The number of likely N-dealkylation sites (N-methyl/N-ethyl adjacent to an activating group) is 1. The highest BCUT2D eigenvalue weighted by Crippen LogP contribution is 2.31. The Morgan fingerprint density at radius 1 is 0.825 bits per heavy atom. The van der Waals surface area contributed by atoms with Gasteiger partial charge in [-0.3, -0.25) is 13.9 Å². The van der Waals surface area contributed by atoms with E-state index in [1.807, 2.05) is 70.6 Å². The van der Waals surface area contributed by atoms with Gasteiger partial charge >= 0.3 is 5.69 Å². The standard InChI is InChI=1S/C33H37N5O2/c1-24-31(27-13-7-8-14-28(27)37(24)23-25-11-5-4-6-12-25)32(39)35-19-17-26(18-20-35)38-30-16-10-9-15-29(30)36(33(38)40)22-21-34(2)3/h4-16,26H,17-23H2,1-3H3. The van der Waals surface area contributed by atoms with E-state index in [0.29, 0.717) is 19.6 Å². The molecule has 1 fully saturated rings. The van der Waals surface area contributed by atoms with E-state index in [-0.39, 0.29) is 17.6 Å². The number of carbonyl (C=O) groups is 1. The van der Waals surface area contributed by atoms with Crippen LogP contribution in [0.2, 0.25) is 0 Å². The summed E-state index contributed by atoms with van der Waals surface area (Å²) in [6, 6.07) is 26.7. The lowest BCUT2D eigenvalue weighted by Gasteiger charge is -2.32. The van der Waals surface area contributed by atoms with Crippen LogP contribution < -0.4 is 5.69 Å². The average molecular weight is 536 g/mol. The molecular weight excluding hydrogens is 498 g/mol. The molecule has 0 saturated carbocycles. The third kappa shape index (κ3) is 4.64. The fraction of sp³-hybridized carbons (Fsp3) is 0.333. The normalized spacial score (nSPS) is 14.6. The first-order chi connectivity index (χ1) is 19.4. The minimum Gasteiger partial charge on any atom is -0.340 e. The predicted octanol–water partition coefficient (Wildman–Crippen LogP) is 5.15. The van der Waals surface area contributed by atoms with Crippen LogP contribution in [-0.4, -0.2) is 63.1 Å². The van der Waals surface area contributed by atoms with Gasteiger partial charge in [0.05, 0.1) is 16.6 Å². The molecule has 40 heavy (non-hydrogen) atoms. The second kappa shape index (κ2) is 10.8. The van der Waals surface area contributed by atoms with Gasteiger partial charge in [0.1, 0.15) is 0 Å². The molecule has 206 valence electrons. The maximum absolute atomic E-state index is 14.0. The zero-order valence-corrected chi connectivity index (χ0v) is 23.6. The largest absolute Gasteiger partial charge is 0.340 e. The Morgan fingerprint density at radius 2 is 1.45 bits per heavy atom. The molecule has 0 spiro atoms. The molecule has 6 rings (SSSR count). The number of hydrogen-bond acceptors (Lipinski definition) is 3. The van der Waals surface area contributed by atoms with E-state index in [9.17, 15) is 9.59 Å². The molecule has 0 radical (unpaired) electrons. The maximum Gasteiger partial charge on any atom is 0.329 e. The quantitative estimate of drug-likeness (QED) is 0.290. The summed E-state index contributed by atoms with van der Waals surface area (Å²) in [5, 5.41) is 1.00. The van der Waals surface area contributed by atoms with Gasteiger partial charge in [-0.05, 0) is 57.6 Å². The molecule has 0 aliphatic carbocycles. The number of benzene rings is 3. The van der Waals surface area contributed by atoms with Crippen LogP contribution in [0.25, 0.3) is 21.9 Å². The van der Waals surface area contributed by atoms with Crippen molar-refractivity contribution in [2.24, 2.45) is 0 Å². The van der Waals surface area contributed by atoms with Gasteiger partial charge in [-0.25, -0.2) is 4.79 Å². The Bertz CT molecular complexity index is 1720. The van der Waals surface area contributed by atoms with Crippen LogP contribution in [0.3, 0.4) is 0 Å². The monoisotopic (exact) mass is 535 g/mol. The molecule has 2 aromatic heterocycles. The SMILES string of the molecule is Cc1c(C(=O)N2CCC(n3c(=O)n(CCN(C)C)c4ccccc43)CC2)c2ccccc2n1Cc1ccccc1. The number of para-hydroxylation sites is 3. The highest BCUT2D eigenvalue weighted by Gasteiger charge is 2.30. The summed E-state index contributed by atoms with van der Waals surface area (Å²) in [6.07, 6.45) is 1.52. The summed E-state index contributed by atoms with van der Waals surface area (Å²) in [5.41, 5.74) is 6.10. The van der Waals surface area contributed by atoms with Crippen molar-refractivity contribution < 1.29 is 4.79 Å². The van der Waals surface area contributed by atoms with Gasteiger partial charge in [0.25, 0.3) is 5.91 Å². The number of fused-ring (bicyclic) bond motifs is 2. The molecule has 0 bridgehead atoms. The number of piperidine rings is 1. The fourth-order valence-corrected chi connectivity index (χ4v) is 6.26. The first-order valence-electron chi connectivity index (χ1n) is 14.2. The lowest BCUT2D eigenvalue weighted by molar-refractivity contribution is 0.0695. The number of rotatable bonds is 7. The number of imidazole rings is 1. The maximum atomic E-state index is 14.0. The van der Waals surface area contributed by atoms with Gasteiger partial charge in [-0.15, -0.1) is 0 Å². The van der Waals surface area contributed by atoms with E-state index >= 15 is 0 Å². The predicted molar refractivity (Wildman–Crippen MR) is 161 cm³/mol. The molecule has 5 aromatic rings. The minimum atomic E-state index is 0.0488. The van der Waals surface area contributed by atoms with Gasteiger partial charge in [0.15, 0.2) is 0 Å². The lowest BCUT2D eigenvalue weighted by atomic mass is 10.0. The van der Waals surface area contributed by atoms with Crippen molar-refractivity contribution >= 4 is 27.8 Å². The zero-order chi connectivity index (χ0) is 27.8. The third-order valence-corrected chi connectivity index (χ3v) is 8.38. The van der Waals surface area contributed by atoms with Gasteiger partial charge in [-0.2, -0.15) is 0 Å². The van der Waals surface area contributed by atoms with Crippen molar-refractivity contribution in [2.75, 3.05) is 33.7 Å². The molecule has 0 unspecified atom stereocenters. The Morgan fingerprint density at radius 3 is 2.15 bits per heavy atom. The van der Waals surface area contributed by atoms with E-state index < -0.39 is 0 Å². The number of hydrogen-bond donors (Lipinski definition) is 0. The molecule has 1 aliphatic heterocycles. The Labute approximate surface area is 234 Å². The molecule has 3 aromatic carbocycles. The summed E-state index contributed by atoms with van der Waals surface area (Å²) in [4.78, 5) is 31.7. The van der Waals surface area contributed by atoms with Crippen molar-refractivity contribution in [2.45, 2.75) is 38.9 Å². The van der Waals surface area contributed by atoms with Gasteiger partial charge < -0.3 is 14.4 Å². The molecule has 1 aliphatic rings. The molecule has 1 saturated heterocycles. The van der Waals surface area contributed by atoms with Crippen LogP contribution >= 0.6 is 0 Å². The number of nitrogens with zero attached hydrogens (tertiary/aromatic N) is 5. The van der Waals surface area contributed by atoms with E-state index in [0.717, 1.165) is 59.1 Å². The first kappa shape index (κ1) is 26.1. The zero-order valence-electron chi connectivity index (χ0n) is 23.6. The average Bonchev–Trinajstić information content (AvgIpc) is 3.41. The van der Waals surface area contributed by atoms with Gasteiger partial charge in [0.2, 0.25) is 0 Å². The highest BCUT2D eigenvalue weighted by atomic mass is 16.2. The smallest absolute Gasteiger partial charge is 0.329 e. The summed E-state index contributed by atoms with van der Waals surface area (Å²) in [5.74, 6) is 0.0831. The number of amides is 1. The highest BCUT2D eigenvalue weighted by molar-refractivity contribution is 6.08. The van der Waals surface area contributed by atoms with Crippen LogP contribution in [0.15, 0.2) is 83.7 Å². The molecule has 0 atom stereocenters. The summed E-state index contributed by atoms with van der Waals surface area (Å²) >= 11 is 0. The topological polar surface area (TPSA) is 55.4 Å². The molecule has 7 heteroatoms. The first-order valence-corrected chi connectivity index (χ1v) is 14.2. The van der Waals surface area contributed by atoms with E-state index in [4.69, 9.17) is 0 Å². The Kier molecular flexibility index (Phi) is 7.07. The van der Waals surface area contributed by atoms with Gasteiger partial charge in [0, 0.05) is 55.4 Å². The molecular formula is C33H37N5O2. The Hall–Kier alpha value is -4.10. The summed E-state index contributed by atoms with van der Waals surface area (Å²) in [6.45, 7) is 5.51. The summed E-state index contributed by atoms with van der Waals surface area (Å²) < 4.78 is 6.13. The van der Waals surface area contributed by atoms with Gasteiger partial charge in [-0.1, -0.05) is 60.7 Å². The van der Waals surface area contributed by atoms with E-state index in [1.165, 1.54) is 5.56 Å². The van der Waals surface area contributed by atoms with E-state index in [2.05, 4.69) is 52.8 Å². The Balaban J connectivity index is 1.26. The van der Waals surface area contributed by atoms with Crippen LogP contribution in [0.1, 0.15) is 40.5 Å². The van der Waals surface area contributed by atoms with Crippen LogP contribution in [0.4, 0.5) is 0 Å². The fourth-order valence-electron chi connectivity index (χ4n) is 6.26. The number of likely N-dealkylation sites (tertiary alicyclic amines) is 1. The van der Waals surface area contributed by atoms with Crippen molar-refractivity contribution in [3.8, 4) is 0 Å². The second-order valence-corrected chi connectivity index (χ2v) is 11.2. The second-order valence-electron chi connectivity index (χ2n) is 11.2. The molecule has 7 nitrogen and oxygen atoms in total. The van der Waals surface area contributed by atoms with Crippen molar-refractivity contribution in [3.05, 3.63) is 106 Å². The number of aromatic nitrogens is 3. The van der Waals surface area contributed by atoms with Crippen molar-refractivity contribution in [3.63, 3.8) is 0 Å². The minimum absolute atomic E-state index is 0.0488. The van der Waals surface area contributed by atoms with E-state index in [1.54, 1.807) is 0 Å².